The molecule has 0 saturated heterocycles. The molecular weight excluding hydrogens is 324 g/mol. The van der Waals surface area contributed by atoms with E-state index in [1.807, 2.05) is 13.8 Å². The largest absolute Gasteiger partial charge is 0.481 e. The van der Waals surface area contributed by atoms with Crippen molar-refractivity contribution in [1.29, 1.82) is 0 Å². The van der Waals surface area contributed by atoms with Crippen LogP contribution in [0.1, 0.15) is 37.0 Å². The molecule has 0 spiro atoms. The van der Waals surface area contributed by atoms with Crippen LogP contribution in [0.25, 0.3) is 0 Å². The number of aromatic nitrogens is 1. The minimum absolute atomic E-state index is 0.0540. The van der Waals surface area contributed by atoms with Crippen molar-refractivity contribution < 1.29 is 14.7 Å². The van der Waals surface area contributed by atoms with E-state index in [9.17, 15) is 9.59 Å². The monoisotopic (exact) mass is 342 g/mol. The third kappa shape index (κ3) is 6.14. The van der Waals surface area contributed by atoms with E-state index < -0.39 is 5.97 Å². The normalized spacial score (nSPS) is 12.2. The molecule has 0 aliphatic carbocycles. The lowest BCUT2D eigenvalue weighted by molar-refractivity contribution is -0.138. The van der Waals surface area contributed by atoms with Crippen LogP contribution in [0, 0.1) is 11.8 Å². The predicted octanol–water partition coefficient (Wildman–Crippen LogP) is 2.71. The van der Waals surface area contributed by atoms with E-state index in [4.69, 9.17) is 5.11 Å². The quantitative estimate of drug-likeness (QED) is 0.746. The lowest BCUT2D eigenvalue weighted by atomic mass is 9.94. The van der Waals surface area contributed by atoms with Crippen molar-refractivity contribution in [2.45, 2.75) is 26.7 Å². The Hall–Kier alpha value is -1.43. The van der Waals surface area contributed by atoms with Crippen LogP contribution in [0.4, 0.5) is 0 Å². The summed E-state index contributed by atoms with van der Waals surface area (Å²) in [5.41, 5.74) is 0.505. The molecule has 0 radical (unpaired) electrons. The molecule has 1 aromatic heterocycles. The van der Waals surface area contributed by atoms with E-state index in [0.29, 0.717) is 22.6 Å². The van der Waals surface area contributed by atoms with Crippen molar-refractivity contribution in [3.05, 3.63) is 28.5 Å². The zero-order chi connectivity index (χ0) is 15.1. The number of carboxylic acid groups (broad SMARTS) is 1. The lowest BCUT2D eigenvalue weighted by Crippen LogP contribution is -2.31. The highest BCUT2D eigenvalue weighted by Crippen LogP contribution is 2.15. The van der Waals surface area contributed by atoms with Gasteiger partial charge in [0.1, 0.15) is 4.60 Å². The summed E-state index contributed by atoms with van der Waals surface area (Å²) < 4.78 is 0.592. The minimum atomic E-state index is -0.837. The van der Waals surface area contributed by atoms with Crippen LogP contribution in [0.5, 0.6) is 0 Å². The smallest absolute Gasteiger partial charge is 0.303 e. The second kappa shape index (κ2) is 7.99. The van der Waals surface area contributed by atoms with Gasteiger partial charge in [-0.1, -0.05) is 13.8 Å². The van der Waals surface area contributed by atoms with Gasteiger partial charge in [-0.3, -0.25) is 9.59 Å². The van der Waals surface area contributed by atoms with Crippen LogP contribution in [0.15, 0.2) is 22.9 Å². The van der Waals surface area contributed by atoms with Gasteiger partial charge in [0.25, 0.3) is 5.91 Å². The Morgan fingerprint density at radius 3 is 2.70 bits per heavy atom. The molecule has 1 unspecified atom stereocenters. The Balaban J connectivity index is 2.57. The van der Waals surface area contributed by atoms with E-state index in [2.05, 4.69) is 26.2 Å². The molecular formula is C14H19BrN2O3. The number of halogens is 1. The molecule has 20 heavy (non-hydrogen) atoms. The van der Waals surface area contributed by atoms with Gasteiger partial charge in [0, 0.05) is 24.7 Å². The third-order valence-electron chi connectivity index (χ3n) is 2.81. The second-order valence-corrected chi connectivity index (χ2v) is 5.98. The number of nitrogens with zero attached hydrogens (tertiary/aromatic N) is 1. The molecule has 0 fully saturated rings. The average molecular weight is 343 g/mol. The summed E-state index contributed by atoms with van der Waals surface area (Å²) in [5.74, 6) is -0.711. The maximum absolute atomic E-state index is 12.0. The number of aliphatic carboxylic acids is 1. The zero-order valence-corrected chi connectivity index (χ0v) is 13.2. The summed E-state index contributed by atoms with van der Waals surface area (Å²) in [7, 11) is 0. The molecule has 1 atom stereocenters. The van der Waals surface area contributed by atoms with Crippen molar-refractivity contribution in [1.82, 2.24) is 10.3 Å². The Morgan fingerprint density at radius 2 is 2.15 bits per heavy atom. The van der Waals surface area contributed by atoms with Gasteiger partial charge >= 0.3 is 5.97 Å². The van der Waals surface area contributed by atoms with Crippen LogP contribution in [0.3, 0.4) is 0 Å². The average Bonchev–Trinajstić information content (AvgIpc) is 2.34. The van der Waals surface area contributed by atoms with Crippen molar-refractivity contribution in [3.63, 3.8) is 0 Å². The summed E-state index contributed by atoms with van der Waals surface area (Å²) in [5, 5.41) is 11.7. The van der Waals surface area contributed by atoms with E-state index in [0.717, 1.165) is 6.42 Å². The van der Waals surface area contributed by atoms with Gasteiger partial charge in [-0.15, -0.1) is 0 Å². The summed E-state index contributed by atoms with van der Waals surface area (Å²) in [4.78, 5) is 26.7. The van der Waals surface area contributed by atoms with Crippen molar-refractivity contribution in [2.24, 2.45) is 11.8 Å². The zero-order valence-electron chi connectivity index (χ0n) is 11.6. The lowest BCUT2D eigenvalue weighted by Gasteiger charge is -2.17. The standard InChI is InChI=1S/C14H19BrN2O3/c1-9(2)5-10(6-13(18)19)8-17-14(20)11-3-4-16-12(15)7-11/h3-4,7,9-10H,5-6,8H2,1-2H3,(H,17,20)(H,18,19). The van der Waals surface area contributed by atoms with Crippen molar-refractivity contribution >= 4 is 27.8 Å². The fraction of sp³-hybridized carbons (Fsp3) is 0.500. The highest BCUT2D eigenvalue weighted by atomic mass is 79.9. The van der Waals surface area contributed by atoms with Crippen molar-refractivity contribution in [3.8, 4) is 0 Å². The number of carbonyl (C=O) groups is 2. The number of hydrogen-bond acceptors (Lipinski definition) is 3. The first-order valence-corrected chi connectivity index (χ1v) is 7.29. The maximum atomic E-state index is 12.0. The number of pyridine rings is 1. The van der Waals surface area contributed by atoms with E-state index in [1.54, 1.807) is 18.3 Å². The summed E-state index contributed by atoms with van der Waals surface area (Å²) in [6.07, 6.45) is 2.38. The van der Waals surface area contributed by atoms with Gasteiger partial charge < -0.3 is 10.4 Å². The second-order valence-electron chi connectivity index (χ2n) is 5.17. The molecule has 1 aromatic rings. The highest BCUT2D eigenvalue weighted by Gasteiger charge is 2.16. The first-order chi connectivity index (χ1) is 9.38. The van der Waals surface area contributed by atoms with Gasteiger partial charge in [-0.2, -0.15) is 0 Å². The van der Waals surface area contributed by atoms with Gasteiger partial charge in [0.05, 0.1) is 0 Å². The molecule has 1 amide bonds. The van der Waals surface area contributed by atoms with Crippen LogP contribution in [-0.4, -0.2) is 28.5 Å². The Kier molecular flexibility index (Phi) is 6.64. The molecule has 0 bridgehead atoms. The van der Waals surface area contributed by atoms with Crippen LogP contribution >= 0.6 is 15.9 Å². The SMILES string of the molecule is CC(C)CC(CNC(=O)c1ccnc(Br)c1)CC(=O)O. The molecule has 1 heterocycles. The topological polar surface area (TPSA) is 79.3 Å². The molecule has 6 heteroatoms. The third-order valence-corrected chi connectivity index (χ3v) is 3.24. The molecule has 0 aliphatic heterocycles. The summed E-state index contributed by atoms with van der Waals surface area (Å²) >= 11 is 3.21. The van der Waals surface area contributed by atoms with E-state index in [-0.39, 0.29) is 18.2 Å². The molecule has 0 saturated carbocycles. The molecule has 1 rings (SSSR count). The number of carboxylic acids is 1. The first-order valence-electron chi connectivity index (χ1n) is 6.50. The van der Waals surface area contributed by atoms with Gasteiger partial charge in [0.2, 0.25) is 0 Å². The number of rotatable bonds is 7. The fourth-order valence-electron chi connectivity index (χ4n) is 2.04. The van der Waals surface area contributed by atoms with Gasteiger partial charge in [-0.25, -0.2) is 4.98 Å². The van der Waals surface area contributed by atoms with Gasteiger partial charge in [0.15, 0.2) is 0 Å². The van der Waals surface area contributed by atoms with Crippen LogP contribution < -0.4 is 5.32 Å². The summed E-state index contributed by atoms with van der Waals surface area (Å²) in [6, 6.07) is 3.25. The first kappa shape index (κ1) is 16.6. The Labute approximate surface area is 126 Å². The number of hydrogen-bond donors (Lipinski definition) is 2. The number of carbonyl (C=O) groups excluding carboxylic acids is 1. The predicted molar refractivity (Wildman–Crippen MR) is 79.5 cm³/mol. The van der Waals surface area contributed by atoms with E-state index in [1.165, 1.54) is 0 Å². The number of nitrogens with one attached hydrogen (secondary N) is 1. The van der Waals surface area contributed by atoms with Crippen molar-refractivity contribution in [2.75, 3.05) is 6.54 Å². The fourth-order valence-corrected chi connectivity index (χ4v) is 2.40. The number of amides is 1. The van der Waals surface area contributed by atoms with Crippen LogP contribution in [0.2, 0.25) is 0 Å². The summed E-state index contributed by atoms with van der Waals surface area (Å²) in [6.45, 7) is 4.44. The molecule has 0 aliphatic rings. The molecule has 0 aromatic carbocycles. The Morgan fingerprint density at radius 1 is 1.45 bits per heavy atom. The highest BCUT2D eigenvalue weighted by molar-refractivity contribution is 9.10. The minimum Gasteiger partial charge on any atom is -0.481 e. The van der Waals surface area contributed by atoms with Gasteiger partial charge in [-0.05, 0) is 46.3 Å². The Bertz CT molecular complexity index is 477. The van der Waals surface area contributed by atoms with Crippen LogP contribution in [-0.2, 0) is 4.79 Å². The van der Waals surface area contributed by atoms with E-state index >= 15 is 0 Å². The molecule has 110 valence electrons. The molecule has 5 nitrogen and oxygen atoms in total. The maximum Gasteiger partial charge on any atom is 0.303 e. The molecule has 2 N–H and O–H groups in total.